The quantitative estimate of drug-likeness (QED) is 0.747. The predicted molar refractivity (Wildman–Crippen MR) is 59.2 cm³/mol. The van der Waals surface area contributed by atoms with Crippen molar-refractivity contribution in [3.8, 4) is 0 Å². The molecule has 0 aromatic carbocycles. The summed E-state index contributed by atoms with van der Waals surface area (Å²) in [5.74, 6) is 1.38. The first kappa shape index (κ1) is 13.3. The standard InChI is InChI=1S/C11H18O4S/c1-8(2)5-4-6-10-7-11(9(3)15-10)16(12,13)14/h7-8H,4-6H2,1-3H3,(H,12,13,14)/p-1. The zero-order valence-electron chi connectivity index (χ0n) is 9.82. The summed E-state index contributed by atoms with van der Waals surface area (Å²) in [4.78, 5) is -0.230. The third kappa shape index (κ3) is 3.64. The summed E-state index contributed by atoms with van der Waals surface area (Å²) in [5.41, 5.74) is 0. The SMILES string of the molecule is Cc1oc(CCCC(C)C)cc1S(=O)(=O)[O-]. The molecule has 4 nitrogen and oxygen atoms in total. The van der Waals surface area contributed by atoms with Gasteiger partial charge in [-0.05, 0) is 25.3 Å². The number of hydrogen-bond donors (Lipinski definition) is 0. The molecular weight excluding hydrogens is 228 g/mol. The molecule has 0 spiro atoms. The summed E-state index contributed by atoms with van der Waals surface area (Å²) in [6.07, 6.45) is 2.66. The zero-order chi connectivity index (χ0) is 12.3. The van der Waals surface area contributed by atoms with Gasteiger partial charge in [-0.25, -0.2) is 8.42 Å². The number of hydrogen-bond acceptors (Lipinski definition) is 4. The molecule has 0 N–H and O–H groups in total. The van der Waals surface area contributed by atoms with Gasteiger partial charge in [-0.3, -0.25) is 0 Å². The lowest BCUT2D eigenvalue weighted by atomic mass is 10.1. The van der Waals surface area contributed by atoms with Crippen LogP contribution in [0.2, 0.25) is 0 Å². The molecule has 0 aliphatic rings. The summed E-state index contributed by atoms with van der Waals surface area (Å²) in [6, 6.07) is 1.35. The minimum absolute atomic E-state index is 0.189. The van der Waals surface area contributed by atoms with Gasteiger partial charge in [0, 0.05) is 6.42 Å². The minimum atomic E-state index is -4.40. The highest BCUT2D eigenvalue weighted by molar-refractivity contribution is 7.85. The molecule has 0 aliphatic carbocycles. The van der Waals surface area contributed by atoms with Gasteiger partial charge >= 0.3 is 0 Å². The van der Waals surface area contributed by atoms with Gasteiger partial charge in [0.05, 0.1) is 4.90 Å². The van der Waals surface area contributed by atoms with Gasteiger partial charge in [0.1, 0.15) is 21.6 Å². The van der Waals surface area contributed by atoms with Gasteiger partial charge in [0.2, 0.25) is 0 Å². The topological polar surface area (TPSA) is 70.3 Å². The van der Waals surface area contributed by atoms with Gasteiger partial charge < -0.3 is 8.97 Å². The number of aryl methyl sites for hydroxylation is 2. The Kier molecular flexibility index (Phi) is 4.15. The average molecular weight is 245 g/mol. The molecule has 0 saturated heterocycles. The Morgan fingerprint density at radius 2 is 2.06 bits per heavy atom. The molecule has 0 bridgehead atoms. The van der Waals surface area contributed by atoms with Crippen molar-refractivity contribution in [1.82, 2.24) is 0 Å². The maximum Gasteiger partial charge on any atom is 0.127 e. The lowest BCUT2D eigenvalue weighted by molar-refractivity contribution is 0.445. The predicted octanol–water partition coefficient (Wildman–Crippen LogP) is 2.47. The summed E-state index contributed by atoms with van der Waals surface area (Å²) in [7, 11) is -4.40. The van der Waals surface area contributed by atoms with Crippen LogP contribution in [0.5, 0.6) is 0 Å². The third-order valence-corrected chi connectivity index (χ3v) is 3.34. The molecule has 1 aromatic heterocycles. The molecule has 1 heterocycles. The van der Waals surface area contributed by atoms with Crippen LogP contribution in [0.15, 0.2) is 15.4 Å². The molecule has 0 amide bonds. The Hall–Kier alpha value is -0.810. The molecule has 0 saturated carbocycles. The molecule has 0 atom stereocenters. The number of rotatable bonds is 5. The summed E-state index contributed by atoms with van der Waals surface area (Å²) < 4.78 is 37.7. The van der Waals surface area contributed by atoms with Crippen LogP contribution in [0.3, 0.4) is 0 Å². The van der Waals surface area contributed by atoms with Crippen molar-refractivity contribution in [2.45, 2.75) is 44.9 Å². The van der Waals surface area contributed by atoms with E-state index in [4.69, 9.17) is 4.42 Å². The summed E-state index contributed by atoms with van der Waals surface area (Å²) >= 11 is 0. The van der Waals surface area contributed by atoms with E-state index in [1.54, 1.807) is 0 Å². The van der Waals surface area contributed by atoms with Crippen LogP contribution in [-0.2, 0) is 16.5 Å². The van der Waals surface area contributed by atoms with Gasteiger partial charge in [0.15, 0.2) is 0 Å². The fourth-order valence-corrected chi connectivity index (χ4v) is 2.25. The number of furan rings is 1. The van der Waals surface area contributed by atoms with E-state index in [1.807, 2.05) is 0 Å². The molecule has 1 rings (SSSR count). The lowest BCUT2D eigenvalue weighted by Crippen LogP contribution is -1.98. The Bertz CT molecular complexity index is 443. The maximum atomic E-state index is 10.8. The first-order valence-electron chi connectivity index (χ1n) is 5.36. The van der Waals surface area contributed by atoms with Gasteiger partial charge in [-0.2, -0.15) is 0 Å². The zero-order valence-corrected chi connectivity index (χ0v) is 10.6. The van der Waals surface area contributed by atoms with E-state index in [2.05, 4.69) is 13.8 Å². The van der Waals surface area contributed by atoms with Crippen LogP contribution in [-0.4, -0.2) is 13.0 Å². The molecule has 0 aliphatic heterocycles. The van der Waals surface area contributed by atoms with E-state index >= 15 is 0 Å². The maximum absolute atomic E-state index is 10.8. The Balaban J connectivity index is 2.71. The fourth-order valence-electron chi connectivity index (χ4n) is 1.58. The van der Waals surface area contributed by atoms with Crippen LogP contribution in [0.25, 0.3) is 0 Å². The van der Waals surface area contributed by atoms with Crippen LogP contribution in [0.4, 0.5) is 0 Å². The highest BCUT2D eigenvalue weighted by atomic mass is 32.2. The fraction of sp³-hybridized carbons (Fsp3) is 0.636. The monoisotopic (exact) mass is 245 g/mol. The Morgan fingerprint density at radius 3 is 2.50 bits per heavy atom. The van der Waals surface area contributed by atoms with E-state index in [0.29, 0.717) is 18.1 Å². The Labute approximate surface area is 96.4 Å². The van der Waals surface area contributed by atoms with Crippen molar-refractivity contribution in [2.24, 2.45) is 5.92 Å². The van der Waals surface area contributed by atoms with Crippen molar-refractivity contribution in [3.05, 3.63) is 17.6 Å². The van der Waals surface area contributed by atoms with Crippen molar-refractivity contribution in [2.75, 3.05) is 0 Å². The summed E-state index contributed by atoms with van der Waals surface area (Å²) in [5, 5.41) is 0. The van der Waals surface area contributed by atoms with Gasteiger partial charge in [-0.1, -0.05) is 20.3 Å². The smallest absolute Gasteiger partial charge is 0.127 e. The summed E-state index contributed by atoms with van der Waals surface area (Å²) in [6.45, 7) is 5.75. The highest BCUT2D eigenvalue weighted by Gasteiger charge is 2.12. The van der Waals surface area contributed by atoms with E-state index in [-0.39, 0.29) is 10.7 Å². The van der Waals surface area contributed by atoms with Crippen LogP contribution >= 0.6 is 0 Å². The molecule has 0 unspecified atom stereocenters. The molecule has 16 heavy (non-hydrogen) atoms. The molecular formula is C11H17O4S-. The first-order chi connectivity index (χ1) is 7.30. The van der Waals surface area contributed by atoms with Gasteiger partial charge in [0.25, 0.3) is 0 Å². The van der Waals surface area contributed by atoms with Crippen molar-refractivity contribution in [3.63, 3.8) is 0 Å². The molecule has 1 aromatic rings. The van der Waals surface area contributed by atoms with E-state index in [1.165, 1.54) is 13.0 Å². The third-order valence-electron chi connectivity index (χ3n) is 2.40. The average Bonchev–Trinajstić information content (AvgIpc) is 2.45. The second-order valence-corrected chi connectivity index (χ2v) is 5.72. The molecule has 0 fully saturated rings. The van der Waals surface area contributed by atoms with E-state index in [9.17, 15) is 13.0 Å². The van der Waals surface area contributed by atoms with Crippen molar-refractivity contribution < 1.29 is 17.4 Å². The minimum Gasteiger partial charge on any atom is -0.744 e. The largest absolute Gasteiger partial charge is 0.744 e. The second-order valence-electron chi connectivity index (χ2n) is 4.37. The van der Waals surface area contributed by atoms with Crippen LogP contribution in [0, 0.1) is 12.8 Å². The van der Waals surface area contributed by atoms with E-state index < -0.39 is 10.1 Å². The molecule has 0 radical (unpaired) electrons. The first-order valence-corrected chi connectivity index (χ1v) is 6.76. The second kappa shape index (κ2) is 5.01. The Morgan fingerprint density at radius 1 is 1.44 bits per heavy atom. The van der Waals surface area contributed by atoms with Crippen LogP contribution in [0.1, 0.15) is 38.2 Å². The normalized spacial score (nSPS) is 12.3. The van der Waals surface area contributed by atoms with Crippen molar-refractivity contribution >= 4 is 10.1 Å². The molecule has 92 valence electrons. The highest BCUT2D eigenvalue weighted by Crippen LogP contribution is 2.21. The van der Waals surface area contributed by atoms with Crippen LogP contribution < -0.4 is 0 Å². The van der Waals surface area contributed by atoms with Crippen molar-refractivity contribution in [1.29, 1.82) is 0 Å². The van der Waals surface area contributed by atoms with E-state index in [0.717, 1.165) is 12.8 Å². The molecule has 5 heteroatoms. The lowest BCUT2D eigenvalue weighted by Gasteiger charge is -2.02. The van der Waals surface area contributed by atoms with Gasteiger partial charge in [-0.15, -0.1) is 0 Å².